The van der Waals surface area contributed by atoms with Gasteiger partial charge in [-0.25, -0.2) is 4.39 Å². The first-order valence-electron chi connectivity index (χ1n) is 11.4. The molecule has 1 atom stereocenters. The van der Waals surface area contributed by atoms with Gasteiger partial charge in [0.2, 0.25) is 0 Å². The van der Waals surface area contributed by atoms with Crippen molar-refractivity contribution in [3.63, 3.8) is 0 Å². The first-order valence-corrected chi connectivity index (χ1v) is 11.4. The van der Waals surface area contributed by atoms with Crippen molar-refractivity contribution < 1.29 is 14.0 Å². The molecule has 1 saturated heterocycles. The van der Waals surface area contributed by atoms with E-state index in [9.17, 15) is 14.0 Å². The van der Waals surface area contributed by atoms with Crippen LogP contribution in [0.3, 0.4) is 0 Å². The van der Waals surface area contributed by atoms with E-state index in [1.54, 1.807) is 12.1 Å². The quantitative estimate of drug-likeness (QED) is 0.625. The number of carbonyl (C=O) groups excluding carboxylic acids is 2. The van der Waals surface area contributed by atoms with Crippen LogP contribution in [0.2, 0.25) is 0 Å². The van der Waals surface area contributed by atoms with Crippen LogP contribution in [0, 0.1) is 19.7 Å². The van der Waals surface area contributed by atoms with E-state index >= 15 is 0 Å². The standard InChI is InChI=1S/C26H30FN5O2/c1-17-7-8-20(14-28-17)25(33)29-23-13-22(27)12-21(19(23)3)16-31-10-11-32(18(2)15-31)26(34)24-6-5-9-30(24)4/h5-9,12-14,18H,10-11,15-16H2,1-4H3,(H,29,33)/t18-/m0/s1. The Morgan fingerprint density at radius 3 is 2.62 bits per heavy atom. The first-order chi connectivity index (χ1) is 16.2. The van der Waals surface area contributed by atoms with Crippen LogP contribution in [0.5, 0.6) is 0 Å². The van der Waals surface area contributed by atoms with Crippen molar-refractivity contribution in [3.05, 3.63) is 82.7 Å². The molecule has 2 amide bonds. The molecule has 0 spiro atoms. The Kier molecular flexibility index (Phi) is 6.79. The molecule has 7 nitrogen and oxygen atoms in total. The largest absolute Gasteiger partial charge is 0.347 e. The molecule has 1 N–H and O–H groups in total. The van der Waals surface area contributed by atoms with Crippen LogP contribution >= 0.6 is 0 Å². The SMILES string of the molecule is Cc1ccc(C(=O)Nc2cc(F)cc(CN3CCN(C(=O)c4cccn4C)[C@@H](C)C3)c2C)cn1. The van der Waals surface area contributed by atoms with Crippen LogP contribution in [0.15, 0.2) is 48.8 Å². The predicted octanol–water partition coefficient (Wildman–Crippen LogP) is 3.77. The molecule has 1 aromatic carbocycles. The van der Waals surface area contributed by atoms with Gasteiger partial charge < -0.3 is 14.8 Å². The average Bonchev–Trinajstić information content (AvgIpc) is 3.23. The van der Waals surface area contributed by atoms with E-state index in [1.165, 1.54) is 18.3 Å². The van der Waals surface area contributed by atoms with E-state index in [1.807, 2.05) is 55.6 Å². The van der Waals surface area contributed by atoms with E-state index < -0.39 is 5.82 Å². The molecule has 34 heavy (non-hydrogen) atoms. The fourth-order valence-corrected chi connectivity index (χ4v) is 4.38. The number of nitrogens with zero attached hydrogens (tertiary/aromatic N) is 4. The first kappa shape index (κ1) is 23.6. The van der Waals surface area contributed by atoms with Crippen molar-refractivity contribution in [2.75, 3.05) is 25.0 Å². The van der Waals surface area contributed by atoms with Gasteiger partial charge in [-0.05, 0) is 68.3 Å². The Balaban J connectivity index is 1.44. The highest BCUT2D eigenvalue weighted by atomic mass is 19.1. The summed E-state index contributed by atoms with van der Waals surface area (Å²) in [7, 11) is 1.87. The molecule has 0 bridgehead atoms. The van der Waals surface area contributed by atoms with Crippen LogP contribution in [0.4, 0.5) is 10.1 Å². The number of anilines is 1. The van der Waals surface area contributed by atoms with Gasteiger partial charge in [-0.2, -0.15) is 0 Å². The van der Waals surface area contributed by atoms with Crippen LogP contribution in [0.1, 0.15) is 44.6 Å². The van der Waals surface area contributed by atoms with Crippen molar-refractivity contribution in [1.82, 2.24) is 19.4 Å². The van der Waals surface area contributed by atoms with Gasteiger partial charge in [0.05, 0.1) is 5.56 Å². The lowest BCUT2D eigenvalue weighted by molar-refractivity contribution is 0.0466. The fourth-order valence-electron chi connectivity index (χ4n) is 4.38. The van der Waals surface area contributed by atoms with Gasteiger partial charge in [0.1, 0.15) is 11.5 Å². The Hall–Kier alpha value is -3.52. The van der Waals surface area contributed by atoms with Gasteiger partial charge in [0, 0.05) is 63.0 Å². The maximum absolute atomic E-state index is 14.5. The highest BCUT2D eigenvalue weighted by Gasteiger charge is 2.29. The number of nitrogens with one attached hydrogen (secondary N) is 1. The minimum Gasteiger partial charge on any atom is -0.347 e. The van der Waals surface area contributed by atoms with Crippen molar-refractivity contribution in [1.29, 1.82) is 0 Å². The molecule has 0 unspecified atom stereocenters. The third-order valence-corrected chi connectivity index (χ3v) is 6.43. The van der Waals surface area contributed by atoms with E-state index in [2.05, 4.69) is 15.2 Å². The van der Waals surface area contributed by atoms with Gasteiger partial charge in [0.25, 0.3) is 11.8 Å². The monoisotopic (exact) mass is 463 g/mol. The lowest BCUT2D eigenvalue weighted by Crippen LogP contribution is -2.53. The second kappa shape index (κ2) is 9.77. The highest BCUT2D eigenvalue weighted by molar-refractivity contribution is 6.04. The van der Waals surface area contributed by atoms with Crippen LogP contribution in [-0.2, 0) is 13.6 Å². The van der Waals surface area contributed by atoms with E-state index in [0.29, 0.717) is 43.1 Å². The highest BCUT2D eigenvalue weighted by Crippen LogP contribution is 2.25. The molecular formula is C26H30FN5O2. The number of carbonyl (C=O) groups is 2. The summed E-state index contributed by atoms with van der Waals surface area (Å²) in [5.41, 5.74) is 4.00. The molecule has 2 aromatic heterocycles. The van der Waals surface area contributed by atoms with Gasteiger partial charge >= 0.3 is 0 Å². The number of aromatic nitrogens is 2. The van der Waals surface area contributed by atoms with Crippen molar-refractivity contribution in [3.8, 4) is 0 Å². The molecule has 0 aliphatic carbocycles. The van der Waals surface area contributed by atoms with Crippen molar-refractivity contribution >= 4 is 17.5 Å². The summed E-state index contributed by atoms with van der Waals surface area (Å²) in [5.74, 6) is -0.700. The minimum absolute atomic E-state index is 0.0252. The van der Waals surface area contributed by atoms with E-state index in [0.717, 1.165) is 16.8 Å². The number of halogens is 1. The maximum atomic E-state index is 14.5. The second-order valence-corrected chi connectivity index (χ2v) is 8.97. The zero-order chi connectivity index (χ0) is 24.4. The molecular weight excluding hydrogens is 433 g/mol. The average molecular weight is 464 g/mol. The molecule has 1 aliphatic heterocycles. The van der Waals surface area contributed by atoms with Crippen LogP contribution in [-0.4, -0.2) is 56.8 Å². The lowest BCUT2D eigenvalue weighted by atomic mass is 10.0. The van der Waals surface area contributed by atoms with Gasteiger partial charge in [0.15, 0.2) is 0 Å². The zero-order valence-electron chi connectivity index (χ0n) is 20.0. The smallest absolute Gasteiger partial charge is 0.270 e. The maximum Gasteiger partial charge on any atom is 0.270 e. The Bertz CT molecular complexity index is 1200. The van der Waals surface area contributed by atoms with Gasteiger partial charge in [-0.3, -0.25) is 19.5 Å². The summed E-state index contributed by atoms with van der Waals surface area (Å²) in [6, 6.07) is 10.1. The van der Waals surface area contributed by atoms with E-state index in [-0.39, 0.29) is 17.9 Å². The Morgan fingerprint density at radius 2 is 1.97 bits per heavy atom. The number of amides is 2. The predicted molar refractivity (Wildman–Crippen MR) is 129 cm³/mol. The molecule has 3 aromatic rings. The topological polar surface area (TPSA) is 70.5 Å². The summed E-state index contributed by atoms with van der Waals surface area (Å²) < 4.78 is 16.3. The molecule has 0 saturated carbocycles. The van der Waals surface area contributed by atoms with Crippen LogP contribution in [0.25, 0.3) is 0 Å². The van der Waals surface area contributed by atoms with E-state index in [4.69, 9.17) is 0 Å². The Labute approximate surface area is 199 Å². The number of rotatable bonds is 5. The zero-order valence-corrected chi connectivity index (χ0v) is 20.0. The lowest BCUT2D eigenvalue weighted by Gasteiger charge is -2.40. The van der Waals surface area contributed by atoms with Gasteiger partial charge in [-0.1, -0.05) is 0 Å². The number of piperazine rings is 1. The summed E-state index contributed by atoms with van der Waals surface area (Å²) in [6.07, 6.45) is 3.38. The molecule has 3 heterocycles. The van der Waals surface area contributed by atoms with Gasteiger partial charge in [-0.15, -0.1) is 0 Å². The molecule has 1 fully saturated rings. The summed E-state index contributed by atoms with van der Waals surface area (Å²) in [4.78, 5) is 33.8. The Morgan fingerprint density at radius 1 is 1.18 bits per heavy atom. The van der Waals surface area contributed by atoms with Crippen molar-refractivity contribution in [2.24, 2.45) is 7.05 Å². The third-order valence-electron chi connectivity index (χ3n) is 6.43. The second-order valence-electron chi connectivity index (χ2n) is 8.97. The molecule has 4 rings (SSSR count). The number of benzene rings is 1. The fraction of sp³-hybridized carbons (Fsp3) is 0.346. The van der Waals surface area contributed by atoms with Crippen molar-refractivity contribution in [2.45, 2.75) is 33.4 Å². The number of aryl methyl sites for hydroxylation is 2. The molecule has 178 valence electrons. The molecule has 1 aliphatic rings. The number of hydrogen-bond donors (Lipinski definition) is 1. The number of pyridine rings is 1. The molecule has 0 radical (unpaired) electrons. The third kappa shape index (κ3) is 5.02. The minimum atomic E-state index is -0.400. The number of hydrogen-bond acceptors (Lipinski definition) is 4. The normalized spacial score (nSPS) is 16.5. The summed E-state index contributed by atoms with van der Waals surface area (Å²) in [5, 5.41) is 2.82. The molecule has 8 heteroatoms. The summed E-state index contributed by atoms with van der Waals surface area (Å²) >= 11 is 0. The summed E-state index contributed by atoms with van der Waals surface area (Å²) in [6.45, 7) is 8.28. The van der Waals surface area contributed by atoms with Crippen LogP contribution < -0.4 is 5.32 Å².